The van der Waals surface area contributed by atoms with E-state index in [2.05, 4.69) is 36.2 Å². The number of aromatic nitrogens is 1. The molecule has 25 heavy (non-hydrogen) atoms. The Morgan fingerprint density at radius 3 is 2.64 bits per heavy atom. The first-order valence-electron chi connectivity index (χ1n) is 8.11. The molecule has 3 rings (SSSR count). The van der Waals surface area contributed by atoms with Crippen LogP contribution >= 0.6 is 15.9 Å². The summed E-state index contributed by atoms with van der Waals surface area (Å²) >= 11 is 3.27. The Labute approximate surface area is 154 Å². The maximum atomic E-state index is 13.9. The summed E-state index contributed by atoms with van der Waals surface area (Å²) in [6.07, 6.45) is 0. The first-order chi connectivity index (χ1) is 12.0. The summed E-state index contributed by atoms with van der Waals surface area (Å²) in [5.41, 5.74) is 0.691. The van der Waals surface area contributed by atoms with Crippen molar-refractivity contribution >= 4 is 27.7 Å². The number of benzene rings is 1. The first-order valence-corrected chi connectivity index (χ1v) is 8.91. The molecule has 1 aliphatic rings. The van der Waals surface area contributed by atoms with Gasteiger partial charge in [0.25, 0.3) is 0 Å². The van der Waals surface area contributed by atoms with Crippen LogP contribution in [0.3, 0.4) is 0 Å². The summed E-state index contributed by atoms with van der Waals surface area (Å²) in [6, 6.07) is 6.83. The maximum absolute atomic E-state index is 13.9. The second kappa shape index (κ2) is 8.07. The van der Waals surface area contributed by atoms with Crippen molar-refractivity contribution < 1.29 is 13.7 Å². The van der Waals surface area contributed by atoms with Crippen LogP contribution < -0.4 is 5.32 Å². The van der Waals surface area contributed by atoms with Crippen molar-refractivity contribution in [2.45, 2.75) is 13.5 Å². The number of amides is 1. The highest BCUT2D eigenvalue weighted by Gasteiger charge is 2.20. The topological polar surface area (TPSA) is 61.6 Å². The van der Waals surface area contributed by atoms with Crippen molar-refractivity contribution in [2.24, 2.45) is 0 Å². The van der Waals surface area contributed by atoms with Crippen molar-refractivity contribution in [1.29, 1.82) is 0 Å². The predicted molar refractivity (Wildman–Crippen MR) is 95.7 cm³/mol. The van der Waals surface area contributed by atoms with Crippen LogP contribution in [0.15, 0.2) is 33.3 Å². The van der Waals surface area contributed by atoms with Crippen LogP contribution in [0, 0.1) is 12.7 Å². The van der Waals surface area contributed by atoms with Gasteiger partial charge < -0.3 is 9.84 Å². The second-order valence-electron chi connectivity index (χ2n) is 6.16. The minimum absolute atomic E-state index is 0.110. The number of hydrogen-bond donors (Lipinski definition) is 1. The van der Waals surface area contributed by atoms with Gasteiger partial charge in [-0.15, -0.1) is 0 Å². The number of carbonyl (C=O) groups excluding carboxylic acids is 1. The van der Waals surface area contributed by atoms with Crippen LogP contribution in [-0.2, 0) is 11.3 Å². The van der Waals surface area contributed by atoms with Crippen LogP contribution in [0.1, 0.15) is 11.3 Å². The smallest absolute Gasteiger partial charge is 0.239 e. The average Bonchev–Trinajstić information content (AvgIpc) is 2.96. The van der Waals surface area contributed by atoms with Crippen molar-refractivity contribution in [3.05, 3.63) is 45.9 Å². The van der Waals surface area contributed by atoms with Crippen LogP contribution in [0.5, 0.6) is 0 Å². The van der Waals surface area contributed by atoms with Gasteiger partial charge in [-0.05, 0) is 19.1 Å². The molecule has 8 heteroatoms. The average molecular weight is 411 g/mol. The molecule has 2 aromatic rings. The highest BCUT2D eigenvalue weighted by atomic mass is 79.9. The number of carbonyl (C=O) groups is 1. The molecule has 2 heterocycles. The summed E-state index contributed by atoms with van der Waals surface area (Å²) in [5, 5.41) is 6.47. The Morgan fingerprint density at radius 1 is 1.28 bits per heavy atom. The number of anilines is 1. The van der Waals surface area contributed by atoms with E-state index in [1.807, 2.05) is 6.07 Å². The summed E-state index contributed by atoms with van der Waals surface area (Å²) < 4.78 is 19.6. The first kappa shape index (κ1) is 18.0. The Bertz CT molecular complexity index is 744. The van der Waals surface area contributed by atoms with Crippen molar-refractivity contribution in [3.8, 4) is 0 Å². The van der Waals surface area contributed by atoms with E-state index >= 15 is 0 Å². The lowest BCUT2D eigenvalue weighted by atomic mass is 10.2. The molecule has 0 aliphatic carbocycles. The van der Waals surface area contributed by atoms with Gasteiger partial charge in [0.15, 0.2) is 5.82 Å². The number of piperazine rings is 1. The highest BCUT2D eigenvalue weighted by molar-refractivity contribution is 9.10. The third-order valence-electron chi connectivity index (χ3n) is 4.14. The predicted octanol–water partition coefficient (Wildman–Crippen LogP) is 2.64. The van der Waals surface area contributed by atoms with Crippen LogP contribution in [-0.4, -0.2) is 53.6 Å². The summed E-state index contributed by atoms with van der Waals surface area (Å²) in [4.78, 5) is 16.3. The molecular formula is C17H20BrFN4O2. The zero-order valence-electron chi connectivity index (χ0n) is 14.0. The normalized spacial score (nSPS) is 16.1. The van der Waals surface area contributed by atoms with Gasteiger partial charge in [-0.2, -0.15) is 0 Å². The quantitative estimate of drug-likeness (QED) is 0.820. The molecule has 0 unspecified atom stereocenters. The molecular weight excluding hydrogens is 391 g/mol. The van der Waals surface area contributed by atoms with Gasteiger partial charge in [-0.3, -0.25) is 14.6 Å². The molecule has 0 radical (unpaired) electrons. The third kappa shape index (κ3) is 5.10. The number of aryl methyl sites for hydroxylation is 1. The lowest BCUT2D eigenvalue weighted by Gasteiger charge is -2.34. The maximum Gasteiger partial charge on any atom is 0.239 e. The molecule has 6 nitrogen and oxygen atoms in total. The van der Waals surface area contributed by atoms with E-state index in [-0.39, 0.29) is 11.7 Å². The molecule has 1 amide bonds. The molecule has 0 bridgehead atoms. The van der Waals surface area contributed by atoms with Gasteiger partial charge in [0.1, 0.15) is 11.6 Å². The van der Waals surface area contributed by atoms with Gasteiger partial charge in [0.05, 0.1) is 6.54 Å². The molecule has 134 valence electrons. The molecule has 0 spiro atoms. The largest absolute Gasteiger partial charge is 0.360 e. The van der Waals surface area contributed by atoms with Crippen molar-refractivity contribution in [1.82, 2.24) is 15.0 Å². The molecule has 1 saturated heterocycles. The summed E-state index contributed by atoms with van der Waals surface area (Å²) in [7, 11) is 0. The molecule has 1 N–H and O–H groups in total. The minimum atomic E-state index is -0.195. The van der Waals surface area contributed by atoms with E-state index in [9.17, 15) is 9.18 Å². The van der Waals surface area contributed by atoms with Crippen LogP contribution in [0.25, 0.3) is 0 Å². The number of halogens is 2. The lowest BCUT2D eigenvalue weighted by Crippen LogP contribution is -2.48. The summed E-state index contributed by atoms with van der Waals surface area (Å²) in [5.74, 6) is 0.788. The second-order valence-corrected chi connectivity index (χ2v) is 7.07. The van der Waals surface area contributed by atoms with Gasteiger partial charge >= 0.3 is 0 Å². The highest BCUT2D eigenvalue weighted by Crippen LogP contribution is 2.17. The van der Waals surface area contributed by atoms with Gasteiger partial charge in [-0.1, -0.05) is 27.2 Å². The van der Waals surface area contributed by atoms with E-state index in [4.69, 9.17) is 4.52 Å². The van der Waals surface area contributed by atoms with E-state index in [1.54, 1.807) is 19.1 Å². The molecule has 1 aromatic carbocycles. The van der Waals surface area contributed by atoms with E-state index < -0.39 is 0 Å². The Morgan fingerprint density at radius 2 is 2.00 bits per heavy atom. The molecule has 0 saturated carbocycles. The Balaban J connectivity index is 1.44. The Hall–Kier alpha value is -1.77. The van der Waals surface area contributed by atoms with Gasteiger partial charge in [0, 0.05) is 48.8 Å². The van der Waals surface area contributed by atoms with E-state index in [1.165, 1.54) is 6.07 Å². The van der Waals surface area contributed by atoms with Crippen molar-refractivity contribution in [3.63, 3.8) is 0 Å². The van der Waals surface area contributed by atoms with Crippen molar-refractivity contribution in [2.75, 3.05) is 38.0 Å². The zero-order valence-corrected chi connectivity index (χ0v) is 15.6. The number of nitrogens with one attached hydrogen (secondary N) is 1. The number of rotatable bonds is 5. The van der Waals surface area contributed by atoms with Gasteiger partial charge in [0.2, 0.25) is 5.91 Å². The Kier molecular flexibility index (Phi) is 5.82. The summed E-state index contributed by atoms with van der Waals surface area (Å²) in [6.45, 7) is 5.80. The van der Waals surface area contributed by atoms with Crippen LogP contribution in [0.2, 0.25) is 0 Å². The third-order valence-corrected chi connectivity index (χ3v) is 4.63. The van der Waals surface area contributed by atoms with E-state index in [0.717, 1.165) is 30.7 Å². The fraction of sp³-hybridized carbons (Fsp3) is 0.412. The van der Waals surface area contributed by atoms with Gasteiger partial charge in [-0.25, -0.2) is 4.39 Å². The molecule has 0 atom stereocenters. The lowest BCUT2D eigenvalue weighted by molar-refractivity contribution is -0.117. The zero-order chi connectivity index (χ0) is 17.8. The van der Waals surface area contributed by atoms with Crippen LogP contribution in [0.4, 0.5) is 10.2 Å². The molecule has 1 fully saturated rings. The fourth-order valence-electron chi connectivity index (χ4n) is 2.81. The van der Waals surface area contributed by atoms with E-state index in [0.29, 0.717) is 30.2 Å². The number of hydrogen-bond acceptors (Lipinski definition) is 5. The fourth-order valence-corrected chi connectivity index (χ4v) is 3.14. The molecule has 1 aromatic heterocycles. The standard InChI is InChI=1S/C17H20BrFN4O2/c1-12-8-16(21-25-12)20-17(24)11-23-6-4-22(5-7-23)10-13-2-3-14(18)9-15(13)19/h2-3,8-9H,4-7,10-11H2,1H3,(H,20,21,24). The number of nitrogens with zero attached hydrogens (tertiary/aromatic N) is 3. The molecule has 1 aliphatic heterocycles. The monoisotopic (exact) mass is 410 g/mol. The minimum Gasteiger partial charge on any atom is -0.360 e. The SMILES string of the molecule is Cc1cc(NC(=O)CN2CCN(Cc3ccc(Br)cc3F)CC2)no1.